The molecule has 0 aliphatic carbocycles. The number of amides is 1. The van der Waals surface area contributed by atoms with Crippen LogP contribution in [0.15, 0.2) is 24.4 Å². The minimum atomic E-state index is -2.38. The van der Waals surface area contributed by atoms with Crippen LogP contribution in [0.25, 0.3) is 0 Å². The first-order chi connectivity index (χ1) is 6.27. The molecule has 0 bridgehead atoms. The van der Waals surface area contributed by atoms with E-state index in [2.05, 4.69) is 10.9 Å². The second-order valence-electron chi connectivity index (χ2n) is 2.15. The van der Waals surface area contributed by atoms with Crippen LogP contribution in [0.5, 0.6) is 0 Å². The first-order valence-electron chi connectivity index (χ1n) is 3.82. The van der Waals surface area contributed by atoms with Gasteiger partial charge >= 0.3 is 0 Å². The molecule has 0 heterocycles. The Kier molecular flexibility index (Phi) is 7.77. The van der Waals surface area contributed by atoms with Crippen LogP contribution in [0.2, 0.25) is 0 Å². The molecule has 1 amide bonds. The summed E-state index contributed by atoms with van der Waals surface area (Å²) >= 11 is 0. The maximum atomic E-state index is 11.5. The Balaban J connectivity index is 3.24. The summed E-state index contributed by atoms with van der Waals surface area (Å²) < 4.78 is 23.1. The third-order valence-corrected chi connectivity index (χ3v) is 1.13. The van der Waals surface area contributed by atoms with Crippen molar-refractivity contribution in [3.8, 4) is 0 Å². The van der Waals surface area contributed by atoms with Gasteiger partial charge in [0, 0.05) is 6.20 Å². The Hall–Kier alpha value is -1.39. The molecular formula is C8H12F2N2O. The quantitative estimate of drug-likeness (QED) is 0.275. The summed E-state index contributed by atoms with van der Waals surface area (Å²) in [7, 11) is 0. The molecule has 0 aliphatic rings. The van der Waals surface area contributed by atoms with Gasteiger partial charge in [0.15, 0.2) is 0 Å². The average Bonchev–Trinajstić information content (AvgIpc) is 2.09. The minimum Gasteiger partial charge on any atom is -0.306 e. The third kappa shape index (κ3) is 10.6. The van der Waals surface area contributed by atoms with Gasteiger partial charge < -0.3 is 5.43 Å². The van der Waals surface area contributed by atoms with E-state index in [1.807, 2.05) is 0 Å². The molecule has 0 aromatic heterocycles. The SMILES string of the molecule is O=CNN/C=C/CC/C=C/C(F)F. The van der Waals surface area contributed by atoms with Crippen LogP contribution in [-0.4, -0.2) is 12.8 Å². The summed E-state index contributed by atoms with van der Waals surface area (Å²) in [6.45, 7) is 0. The Morgan fingerprint density at radius 1 is 1.15 bits per heavy atom. The summed E-state index contributed by atoms with van der Waals surface area (Å²) in [5.41, 5.74) is 4.67. The Bertz CT molecular complexity index is 181. The molecule has 0 aromatic carbocycles. The number of unbranched alkanes of at least 4 members (excludes halogenated alkanes) is 1. The Labute approximate surface area is 75.5 Å². The third-order valence-electron chi connectivity index (χ3n) is 1.13. The van der Waals surface area contributed by atoms with E-state index >= 15 is 0 Å². The minimum absolute atomic E-state index is 0.501. The Morgan fingerprint density at radius 2 is 1.85 bits per heavy atom. The standard InChI is InChI=1S/C8H12F2N2O/c9-8(10)5-3-1-2-4-6-11-12-7-13/h3-8,11H,1-2H2,(H,12,13)/b5-3+,6-4+. The van der Waals surface area contributed by atoms with Crippen LogP contribution >= 0.6 is 0 Å². The van der Waals surface area contributed by atoms with Gasteiger partial charge in [0.1, 0.15) is 0 Å². The van der Waals surface area contributed by atoms with Gasteiger partial charge in [-0.25, -0.2) is 8.78 Å². The molecule has 0 saturated carbocycles. The van der Waals surface area contributed by atoms with Crippen molar-refractivity contribution in [1.82, 2.24) is 10.9 Å². The molecule has 0 atom stereocenters. The monoisotopic (exact) mass is 190 g/mol. The van der Waals surface area contributed by atoms with Crippen LogP contribution in [0.4, 0.5) is 8.78 Å². The number of hydrazine groups is 1. The largest absolute Gasteiger partial charge is 0.306 e. The molecule has 5 heteroatoms. The fraction of sp³-hybridized carbons (Fsp3) is 0.375. The predicted octanol–water partition coefficient (Wildman–Crippen LogP) is 1.35. The highest BCUT2D eigenvalue weighted by molar-refractivity contribution is 5.45. The van der Waals surface area contributed by atoms with E-state index in [4.69, 9.17) is 0 Å². The number of allylic oxidation sites excluding steroid dienone is 3. The first-order valence-corrected chi connectivity index (χ1v) is 3.82. The summed E-state index contributed by atoms with van der Waals surface area (Å²) in [6, 6.07) is 0. The molecule has 0 rings (SSSR count). The molecule has 0 aromatic rings. The first kappa shape index (κ1) is 11.6. The van der Waals surface area contributed by atoms with Gasteiger partial charge in [-0.1, -0.05) is 12.2 Å². The lowest BCUT2D eigenvalue weighted by Crippen LogP contribution is -2.24. The number of halogens is 2. The molecule has 3 nitrogen and oxygen atoms in total. The smallest absolute Gasteiger partial charge is 0.257 e. The highest BCUT2D eigenvalue weighted by atomic mass is 19.3. The van der Waals surface area contributed by atoms with E-state index in [9.17, 15) is 13.6 Å². The molecule has 0 spiro atoms. The van der Waals surface area contributed by atoms with E-state index in [1.54, 1.807) is 6.08 Å². The van der Waals surface area contributed by atoms with Gasteiger partial charge in [-0.2, -0.15) is 0 Å². The van der Waals surface area contributed by atoms with Crippen LogP contribution in [0.3, 0.4) is 0 Å². The van der Waals surface area contributed by atoms with Gasteiger partial charge in [0.25, 0.3) is 6.43 Å². The highest BCUT2D eigenvalue weighted by Crippen LogP contribution is 1.97. The second kappa shape index (κ2) is 8.70. The summed E-state index contributed by atoms with van der Waals surface area (Å²) in [4.78, 5) is 9.71. The van der Waals surface area contributed by atoms with E-state index in [0.29, 0.717) is 19.3 Å². The van der Waals surface area contributed by atoms with Gasteiger partial charge in [-0.05, 0) is 18.9 Å². The molecule has 0 saturated heterocycles. The van der Waals surface area contributed by atoms with Gasteiger partial charge in [-0.15, -0.1) is 0 Å². The number of carbonyl (C=O) groups is 1. The van der Waals surface area contributed by atoms with E-state index in [-0.39, 0.29) is 0 Å². The average molecular weight is 190 g/mol. The topological polar surface area (TPSA) is 41.1 Å². The zero-order valence-electron chi connectivity index (χ0n) is 7.04. The van der Waals surface area contributed by atoms with Crippen molar-refractivity contribution >= 4 is 6.41 Å². The van der Waals surface area contributed by atoms with Crippen molar-refractivity contribution in [2.75, 3.05) is 0 Å². The van der Waals surface area contributed by atoms with Crippen LogP contribution in [0, 0.1) is 0 Å². The maximum Gasteiger partial charge on any atom is 0.257 e. The molecule has 0 unspecified atom stereocenters. The molecule has 2 N–H and O–H groups in total. The number of rotatable bonds is 7. The maximum absolute atomic E-state index is 11.5. The zero-order chi connectivity index (χ0) is 9.94. The van der Waals surface area contributed by atoms with Crippen LogP contribution in [-0.2, 0) is 4.79 Å². The van der Waals surface area contributed by atoms with Crippen LogP contribution < -0.4 is 10.9 Å². The zero-order valence-corrected chi connectivity index (χ0v) is 7.04. The molecule has 0 fully saturated rings. The fourth-order valence-electron chi connectivity index (χ4n) is 0.616. The number of hydrogen-bond acceptors (Lipinski definition) is 2. The number of nitrogens with one attached hydrogen (secondary N) is 2. The predicted molar refractivity (Wildman–Crippen MR) is 45.9 cm³/mol. The van der Waals surface area contributed by atoms with Gasteiger partial charge in [-0.3, -0.25) is 10.2 Å². The normalized spacial score (nSPS) is 11.3. The van der Waals surface area contributed by atoms with Crippen molar-refractivity contribution in [3.05, 3.63) is 24.4 Å². The number of hydrogen-bond donors (Lipinski definition) is 2. The fourth-order valence-corrected chi connectivity index (χ4v) is 0.616. The lowest BCUT2D eigenvalue weighted by molar-refractivity contribution is -0.110. The van der Waals surface area contributed by atoms with Crippen molar-refractivity contribution in [3.63, 3.8) is 0 Å². The molecule has 13 heavy (non-hydrogen) atoms. The van der Waals surface area contributed by atoms with E-state index in [1.165, 1.54) is 12.3 Å². The van der Waals surface area contributed by atoms with Crippen molar-refractivity contribution in [2.45, 2.75) is 19.3 Å². The van der Waals surface area contributed by atoms with Crippen molar-refractivity contribution < 1.29 is 13.6 Å². The molecule has 0 radical (unpaired) electrons. The lowest BCUT2D eigenvalue weighted by atomic mass is 10.3. The van der Waals surface area contributed by atoms with Crippen molar-refractivity contribution in [1.29, 1.82) is 0 Å². The summed E-state index contributed by atoms with van der Waals surface area (Å²) in [6.07, 6.45) is 4.87. The van der Waals surface area contributed by atoms with E-state index < -0.39 is 6.43 Å². The Morgan fingerprint density at radius 3 is 2.46 bits per heavy atom. The molecule has 74 valence electrons. The van der Waals surface area contributed by atoms with Crippen molar-refractivity contribution in [2.24, 2.45) is 0 Å². The molecular weight excluding hydrogens is 178 g/mol. The van der Waals surface area contributed by atoms with Gasteiger partial charge in [0.05, 0.1) is 0 Å². The van der Waals surface area contributed by atoms with E-state index in [0.717, 1.165) is 6.08 Å². The highest BCUT2D eigenvalue weighted by Gasteiger charge is 1.90. The number of carbonyl (C=O) groups excluding carboxylic acids is 1. The van der Waals surface area contributed by atoms with Gasteiger partial charge in [0.2, 0.25) is 6.41 Å². The number of alkyl halides is 2. The lowest BCUT2D eigenvalue weighted by Gasteiger charge is -1.93. The summed E-state index contributed by atoms with van der Waals surface area (Å²) in [5.74, 6) is 0. The second-order valence-corrected chi connectivity index (χ2v) is 2.15. The van der Waals surface area contributed by atoms with Crippen LogP contribution in [0.1, 0.15) is 12.8 Å². The molecule has 0 aliphatic heterocycles. The summed E-state index contributed by atoms with van der Waals surface area (Å²) in [5, 5.41) is 0.